The van der Waals surface area contributed by atoms with Gasteiger partial charge in [0.25, 0.3) is 5.91 Å². The van der Waals surface area contributed by atoms with E-state index < -0.39 is 0 Å². The molecule has 0 bridgehead atoms. The van der Waals surface area contributed by atoms with Gasteiger partial charge in [0.1, 0.15) is 23.0 Å². The number of aromatic nitrogens is 5. The smallest absolute Gasteiger partial charge is 0.319 e. The molecule has 0 aliphatic carbocycles. The lowest BCUT2D eigenvalue weighted by atomic mass is 10.0. The van der Waals surface area contributed by atoms with Gasteiger partial charge in [-0.3, -0.25) is 9.78 Å². The van der Waals surface area contributed by atoms with Gasteiger partial charge in [0.15, 0.2) is 5.82 Å². The van der Waals surface area contributed by atoms with Gasteiger partial charge in [0.2, 0.25) is 0 Å². The van der Waals surface area contributed by atoms with Crippen LogP contribution in [0.4, 0.5) is 10.6 Å². The van der Waals surface area contributed by atoms with Crippen molar-refractivity contribution < 1.29 is 9.59 Å². The van der Waals surface area contributed by atoms with E-state index in [9.17, 15) is 9.59 Å². The van der Waals surface area contributed by atoms with E-state index in [1.807, 2.05) is 12.1 Å². The van der Waals surface area contributed by atoms with E-state index in [1.165, 1.54) is 0 Å². The van der Waals surface area contributed by atoms with Crippen LogP contribution in [0.15, 0.2) is 30.5 Å². The molecule has 3 aromatic heterocycles. The number of urea groups is 1. The van der Waals surface area contributed by atoms with Gasteiger partial charge in [0, 0.05) is 46.3 Å². The lowest BCUT2D eigenvalue weighted by Crippen LogP contribution is -2.42. The Morgan fingerprint density at radius 2 is 1.94 bits per heavy atom. The molecule has 10 nitrogen and oxygen atoms in total. The van der Waals surface area contributed by atoms with Gasteiger partial charge in [-0.05, 0) is 48.6 Å². The van der Waals surface area contributed by atoms with Crippen LogP contribution in [0.3, 0.4) is 0 Å². The van der Waals surface area contributed by atoms with Crippen molar-refractivity contribution in [1.29, 1.82) is 0 Å². The second-order valence-corrected chi connectivity index (χ2v) is 8.60. The number of hydrogen-bond acceptors (Lipinski definition) is 6. The van der Waals surface area contributed by atoms with E-state index in [0.717, 1.165) is 55.0 Å². The van der Waals surface area contributed by atoms with Crippen LogP contribution in [0.1, 0.15) is 40.3 Å². The van der Waals surface area contributed by atoms with Gasteiger partial charge in [0.05, 0.1) is 0 Å². The second-order valence-electron chi connectivity index (χ2n) is 8.60. The van der Waals surface area contributed by atoms with Crippen LogP contribution >= 0.6 is 0 Å². The Kier molecular flexibility index (Phi) is 5.49. The number of nitrogens with one attached hydrogen (secondary N) is 1. The molecular weight excluding hydrogens is 420 g/mol. The number of carbonyl (C=O) groups is 2. The monoisotopic (exact) mass is 446 g/mol. The third-order valence-electron chi connectivity index (χ3n) is 6.06. The first-order chi connectivity index (χ1) is 16.0. The van der Waals surface area contributed by atoms with E-state index in [4.69, 9.17) is 0 Å². The topological polar surface area (TPSA) is 109 Å². The Bertz CT molecular complexity index is 1220. The Labute approximate surface area is 191 Å². The van der Waals surface area contributed by atoms with Gasteiger partial charge in [-0.25, -0.2) is 9.78 Å². The van der Waals surface area contributed by atoms with Crippen molar-refractivity contribution in [2.24, 2.45) is 0 Å². The maximum Gasteiger partial charge on any atom is 0.319 e. The number of nitrogens with zero attached hydrogens (tertiary/aromatic N) is 7. The van der Waals surface area contributed by atoms with Crippen LogP contribution in [0.5, 0.6) is 0 Å². The minimum absolute atomic E-state index is 0.0415. The molecule has 33 heavy (non-hydrogen) atoms. The van der Waals surface area contributed by atoms with Gasteiger partial charge < -0.3 is 19.7 Å². The predicted octanol–water partition coefficient (Wildman–Crippen LogP) is 2.36. The molecular formula is C23H26N8O2. The summed E-state index contributed by atoms with van der Waals surface area (Å²) in [4.78, 5) is 37.5. The van der Waals surface area contributed by atoms with Crippen LogP contribution in [0.25, 0.3) is 11.5 Å². The standard InChI is InChI=1S/C23H26N8O2/c1-29(2)23(33)30-11-9-15-13-24-18(12-16(15)14-30)22(32)26-19-7-5-6-17(25-19)21-28-27-20-8-3-4-10-31(20)21/h5-7,12-13H,3-4,8-11,14H2,1-2H3,(H,25,26,32). The molecule has 2 aliphatic rings. The quantitative estimate of drug-likeness (QED) is 0.662. The molecule has 0 radical (unpaired) electrons. The number of amides is 3. The average molecular weight is 447 g/mol. The first kappa shape index (κ1) is 21.0. The zero-order valence-corrected chi connectivity index (χ0v) is 18.8. The summed E-state index contributed by atoms with van der Waals surface area (Å²) in [5, 5.41) is 11.4. The van der Waals surface area contributed by atoms with Gasteiger partial charge in [-0.1, -0.05) is 6.07 Å². The number of rotatable bonds is 3. The fraction of sp³-hybridized carbons (Fsp3) is 0.391. The molecule has 170 valence electrons. The molecule has 0 unspecified atom stereocenters. The Hall–Kier alpha value is -3.82. The van der Waals surface area contributed by atoms with Gasteiger partial charge >= 0.3 is 6.03 Å². The summed E-state index contributed by atoms with van der Waals surface area (Å²) in [5.74, 6) is 1.78. The van der Waals surface area contributed by atoms with E-state index in [1.54, 1.807) is 42.2 Å². The third kappa shape index (κ3) is 4.15. The molecule has 5 heterocycles. The van der Waals surface area contributed by atoms with Crippen LogP contribution in [0, 0.1) is 0 Å². The Morgan fingerprint density at radius 1 is 1.06 bits per heavy atom. The first-order valence-corrected chi connectivity index (χ1v) is 11.1. The summed E-state index contributed by atoms with van der Waals surface area (Å²) in [7, 11) is 3.47. The van der Waals surface area contributed by atoms with Gasteiger partial charge in [-0.15, -0.1) is 10.2 Å². The highest BCUT2D eigenvalue weighted by molar-refractivity contribution is 6.02. The molecule has 2 aliphatic heterocycles. The Balaban J connectivity index is 1.34. The number of carbonyl (C=O) groups excluding carboxylic acids is 2. The maximum absolute atomic E-state index is 12.9. The van der Waals surface area contributed by atoms with E-state index >= 15 is 0 Å². The number of hydrogen-bond donors (Lipinski definition) is 1. The van der Waals surface area contributed by atoms with Crippen LogP contribution in [0.2, 0.25) is 0 Å². The molecule has 0 aromatic carbocycles. The molecule has 0 atom stereocenters. The summed E-state index contributed by atoms with van der Waals surface area (Å²) in [6, 6.07) is 7.17. The van der Waals surface area contributed by atoms with Crippen molar-refractivity contribution in [3.8, 4) is 11.5 Å². The summed E-state index contributed by atoms with van der Waals surface area (Å²) in [5.41, 5.74) is 2.96. The summed E-state index contributed by atoms with van der Waals surface area (Å²) >= 11 is 0. The molecule has 0 saturated carbocycles. The summed E-state index contributed by atoms with van der Waals surface area (Å²) < 4.78 is 2.10. The van der Waals surface area contributed by atoms with Crippen molar-refractivity contribution >= 4 is 17.8 Å². The third-order valence-corrected chi connectivity index (χ3v) is 6.06. The summed E-state index contributed by atoms with van der Waals surface area (Å²) in [6.07, 6.45) is 5.58. The molecule has 3 amide bonds. The molecule has 0 saturated heterocycles. The number of fused-ring (bicyclic) bond motifs is 2. The number of anilines is 1. The van der Waals surface area contributed by atoms with Crippen molar-refractivity contribution in [3.63, 3.8) is 0 Å². The maximum atomic E-state index is 12.9. The van der Waals surface area contributed by atoms with Crippen molar-refractivity contribution in [2.45, 2.75) is 38.8 Å². The van der Waals surface area contributed by atoms with Crippen LogP contribution < -0.4 is 5.32 Å². The van der Waals surface area contributed by atoms with Crippen molar-refractivity contribution in [3.05, 3.63) is 53.1 Å². The van der Waals surface area contributed by atoms with Crippen molar-refractivity contribution in [1.82, 2.24) is 34.5 Å². The van der Waals surface area contributed by atoms with E-state index in [0.29, 0.717) is 30.3 Å². The largest absolute Gasteiger partial charge is 0.331 e. The molecule has 0 spiro atoms. The normalized spacial score (nSPS) is 14.9. The number of pyridine rings is 2. The first-order valence-electron chi connectivity index (χ1n) is 11.1. The van der Waals surface area contributed by atoms with E-state index in [-0.39, 0.29) is 11.9 Å². The molecule has 5 rings (SSSR count). The molecule has 10 heteroatoms. The van der Waals surface area contributed by atoms with Crippen LogP contribution in [-0.4, -0.2) is 67.1 Å². The highest BCUT2D eigenvalue weighted by Crippen LogP contribution is 2.23. The van der Waals surface area contributed by atoms with E-state index in [2.05, 4.69) is 30.0 Å². The fourth-order valence-corrected chi connectivity index (χ4v) is 4.32. The highest BCUT2D eigenvalue weighted by Gasteiger charge is 2.24. The van der Waals surface area contributed by atoms with Gasteiger partial charge in [-0.2, -0.15) is 0 Å². The zero-order valence-electron chi connectivity index (χ0n) is 18.8. The average Bonchev–Trinajstić information content (AvgIpc) is 3.27. The second kappa shape index (κ2) is 8.61. The molecule has 3 aromatic rings. The fourth-order valence-electron chi connectivity index (χ4n) is 4.32. The molecule has 1 N–H and O–H groups in total. The lowest BCUT2D eigenvalue weighted by Gasteiger charge is -2.31. The lowest BCUT2D eigenvalue weighted by molar-refractivity contribution is 0.102. The summed E-state index contributed by atoms with van der Waals surface area (Å²) in [6.45, 7) is 1.98. The number of aryl methyl sites for hydroxylation is 1. The van der Waals surface area contributed by atoms with Crippen LogP contribution in [-0.2, 0) is 25.9 Å². The predicted molar refractivity (Wildman–Crippen MR) is 122 cm³/mol. The Morgan fingerprint density at radius 3 is 2.79 bits per heavy atom. The SMILES string of the molecule is CN(C)C(=O)N1CCc2cnc(C(=O)Nc3cccc(-c4nnc5n4CCCC5)n3)cc2C1. The highest BCUT2D eigenvalue weighted by atomic mass is 16.2. The zero-order chi connectivity index (χ0) is 22.9. The minimum Gasteiger partial charge on any atom is -0.331 e. The molecule has 0 fully saturated rings. The van der Waals surface area contributed by atoms with Crippen molar-refractivity contribution in [2.75, 3.05) is 26.0 Å². The minimum atomic E-state index is -0.346.